The minimum absolute atomic E-state index is 0.225. The molecule has 142 valence electrons. The van der Waals surface area contributed by atoms with E-state index in [4.69, 9.17) is 32.4 Å². The van der Waals surface area contributed by atoms with Gasteiger partial charge in [-0.05, 0) is 30.3 Å². The number of fused-ring (bicyclic) bond motifs is 1. The second kappa shape index (κ2) is 7.67. The van der Waals surface area contributed by atoms with E-state index in [0.717, 1.165) is 5.56 Å². The number of anilines is 1. The quantitative estimate of drug-likeness (QED) is 0.478. The molecule has 0 saturated carbocycles. The Labute approximate surface area is 171 Å². The Hall–Kier alpha value is -2.81. The third kappa shape index (κ3) is 4.04. The zero-order valence-electron chi connectivity index (χ0n) is 14.0. The Kier molecular flexibility index (Phi) is 5.08. The molecule has 4 rings (SSSR count). The van der Waals surface area contributed by atoms with Gasteiger partial charge in [0.25, 0.3) is 5.91 Å². The Bertz CT molecular complexity index is 1230. The lowest BCUT2D eigenvalue weighted by Crippen LogP contribution is -2.20. The van der Waals surface area contributed by atoms with Crippen LogP contribution in [0, 0.1) is 0 Å². The number of rotatable bonds is 5. The summed E-state index contributed by atoms with van der Waals surface area (Å²) in [6, 6.07) is 10.00. The molecule has 2 heterocycles. The topological polar surface area (TPSA) is 97.2 Å². The monoisotopic (exact) mass is 435 g/mol. The minimum atomic E-state index is -0.515. The van der Waals surface area contributed by atoms with Crippen molar-refractivity contribution in [3.63, 3.8) is 0 Å². The normalized spacial score (nSPS) is 10.9. The smallest absolute Gasteiger partial charge is 0.417 e. The number of thiazole rings is 1. The van der Waals surface area contributed by atoms with Crippen LogP contribution in [0.15, 0.2) is 51.0 Å². The summed E-state index contributed by atoms with van der Waals surface area (Å²) in [7, 11) is 0. The summed E-state index contributed by atoms with van der Waals surface area (Å²) in [6.45, 7) is -0.225. The first-order valence-electron chi connectivity index (χ1n) is 7.94. The molecule has 0 fully saturated rings. The molecule has 0 aliphatic carbocycles. The molecule has 4 aromatic rings. The van der Waals surface area contributed by atoms with Crippen molar-refractivity contribution in [3.8, 4) is 17.0 Å². The van der Waals surface area contributed by atoms with Crippen LogP contribution in [0.2, 0.25) is 10.0 Å². The number of amides is 1. The number of aromatic amines is 1. The first-order valence-corrected chi connectivity index (χ1v) is 9.58. The molecular weight excluding hydrogens is 425 g/mol. The molecule has 2 aromatic carbocycles. The van der Waals surface area contributed by atoms with E-state index in [1.54, 1.807) is 35.7 Å². The largest absolute Gasteiger partial charge is 0.482 e. The SMILES string of the molecule is O=C(COc1ccc(Cl)cc1Cl)Nc1nc(-c2ccc3[nH]c(=O)oc3c2)cs1. The summed E-state index contributed by atoms with van der Waals surface area (Å²) in [5.74, 6) is -0.527. The summed E-state index contributed by atoms with van der Waals surface area (Å²) in [5, 5.41) is 5.68. The fraction of sp³-hybridized carbons (Fsp3) is 0.0556. The van der Waals surface area contributed by atoms with Gasteiger partial charge in [0.05, 0.1) is 16.2 Å². The lowest BCUT2D eigenvalue weighted by atomic mass is 10.1. The second-order valence-corrected chi connectivity index (χ2v) is 7.38. The highest BCUT2D eigenvalue weighted by Crippen LogP contribution is 2.28. The Balaban J connectivity index is 1.42. The molecule has 0 aliphatic rings. The molecule has 0 bridgehead atoms. The lowest BCUT2D eigenvalue weighted by Gasteiger charge is -2.07. The maximum absolute atomic E-state index is 12.1. The molecule has 0 atom stereocenters. The summed E-state index contributed by atoms with van der Waals surface area (Å²) < 4.78 is 10.4. The van der Waals surface area contributed by atoms with Crippen LogP contribution in [0.3, 0.4) is 0 Å². The summed E-state index contributed by atoms with van der Waals surface area (Å²) >= 11 is 13.1. The van der Waals surface area contributed by atoms with E-state index < -0.39 is 5.76 Å². The standard InChI is InChI=1S/C18H11Cl2N3O4S/c19-10-2-4-14(11(20)6-10)26-7-16(24)23-17-21-13(8-28-17)9-1-3-12-15(5-9)27-18(25)22-12/h1-6,8H,7H2,(H,22,25)(H,21,23,24). The molecule has 0 radical (unpaired) electrons. The predicted molar refractivity (Wildman–Crippen MR) is 109 cm³/mol. The van der Waals surface area contributed by atoms with Gasteiger partial charge in [-0.15, -0.1) is 11.3 Å². The highest BCUT2D eigenvalue weighted by atomic mass is 35.5. The number of oxazole rings is 1. The van der Waals surface area contributed by atoms with Crippen molar-refractivity contribution in [2.75, 3.05) is 11.9 Å². The van der Waals surface area contributed by atoms with Crippen molar-refractivity contribution >= 4 is 56.7 Å². The van der Waals surface area contributed by atoms with Gasteiger partial charge in [-0.25, -0.2) is 9.78 Å². The van der Waals surface area contributed by atoms with Gasteiger partial charge in [-0.1, -0.05) is 29.3 Å². The number of benzene rings is 2. The van der Waals surface area contributed by atoms with Gasteiger partial charge in [0.1, 0.15) is 5.75 Å². The van der Waals surface area contributed by atoms with E-state index in [0.29, 0.717) is 37.7 Å². The van der Waals surface area contributed by atoms with Gasteiger partial charge < -0.3 is 9.15 Å². The number of hydrogen-bond acceptors (Lipinski definition) is 6. The molecule has 0 spiro atoms. The first kappa shape index (κ1) is 18.5. The zero-order valence-corrected chi connectivity index (χ0v) is 16.3. The van der Waals surface area contributed by atoms with Crippen LogP contribution in [0.4, 0.5) is 5.13 Å². The van der Waals surface area contributed by atoms with E-state index in [-0.39, 0.29) is 12.5 Å². The summed E-state index contributed by atoms with van der Waals surface area (Å²) in [4.78, 5) is 30.3. The molecule has 2 aromatic heterocycles. The van der Waals surface area contributed by atoms with Crippen LogP contribution >= 0.6 is 34.5 Å². The van der Waals surface area contributed by atoms with Crippen LogP contribution in [-0.4, -0.2) is 22.5 Å². The van der Waals surface area contributed by atoms with E-state index in [2.05, 4.69) is 15.3 Å². The first-order chi connectivity index (χ1) is 13.5. The van der Waals surface area contributed by atoms with Crippen LogP contribution < -0.4 is 15.8 Å². The van der Waals surface area contributed by atoms with Gasteiger partial charge in [0, 0.05) is 16.0 Å². The predicted octanol–water partition coefficient (Wildman–Crippen LogP) is 4.57. The fourth-order valence-corrected chi connectivity index (χ4v) is 3.66. The van der Waals surface area contributed by atoms with E-state index in [1.807, 2.05) is 0 Å². The third-order valence-corrected chi connectivity index (χ3v) is 5.01. The average Bonchev–Trinajstić information content (AvgIpc) is 3.25. The lowest BCUT2D eigenvalue weighted by molar-refractivity contribution is -0.118. The molecule has 0 unspecified atom stereocenters. The Morgan fingerprint density at radius 3 is 2.93 bits per heavy atom. The number of nitrogens with one attached hydrogen (secondary N) is 2. The fourth-order valence-electron chi connectivity index (χ4n) is 2.46. The number of nitrogens with zero attached hydrogens (tertiary/aromatic N) is 1. The summed E-state index contributed by atoms with van der Waals surface area (Å²) in [5.41, 5.74) is 2.45. The van der Waals surface area contributed by atoms with Crippen LogP contribution in [0.5, 0.6) is 5.75 Å². The molecule has 10 heteroatoms. The minimum Gasteiger partial charge on any atom is -0.482 e. The highest BCUT2D eigenvalue weighted by Gasteiger charge is 2.11. The van der Waals surface area contributed by atoms with Crippen LogP contribution in [-0.2, 0) is 4.79 Å². The van der Waals surface area contributed by atoms with Gasteiger partial charge in [-0.3, -0.25) is 15.1 Å². The molecule has 0 aliphatic heterocycles. The van der Waals surface area contributed by atoms with E-state index >= 15 is 0 Å². The Morgan fingerprint density at radius 1 is 1.25 bits per heavy atom. The number of hydrogen-bond donors (Lipinski definition) is 2. The van der Waals surface area contributed by atoms with Crippen molar-refractivity contribution < 1.29 is 13.9 Å². The van der Waals surface area contributed by atoms with Crippen molar-refractivity contribution in [2.24, 2.45) is 0 Å². The van der Waals surface area contributed by atoms with Crippen molar-refractivity contribution in [1.82, 2.24) is 9.97 Å². The van der Waals surface area contributed by atoms with Gasteiger partial charge in [0.2, 0.25) is 0 Å². The maximum atomic E-state index is 12.1. The number of carbonyl (C=O) groups excluding carboxylic acids is 1. The molecule has 28 heavy (non-hydrogen) atoms. The number of carbonyl (C=O) groups is 1. The average molecular weight is 436 g/mol. The van der Waals surface area contributed by atoms with Gasteiger partial charge in [-0.2, -0.15) is 0 Å². The van der Waals surface area contributed by atoms with Crippen molar-refractivity contribution in [2.45, 2.75) is 0 Å². The summed E-state index contributed by atoms with van der Waals surface area (Å²) in [6.07, 6.45) is 0. The van der Waals surface area contributed by atoms with Gasteiger partial charge >= 0.3 is 5.76 Å². The van der Waals surface area contributed by atoms with Crippen LogP contribution in [0.25, 0.3) is 22.4 Å². The molecular formula is C18H11Cl2N3O4S. The van der Waals surface area contributed by atoms with Gasteiger partial charge in [0.15, 0.2) is 17.3 Å². The second-order valence-electron chi connectivity index (χ2n) is 5.67. The molecule has 2 N–H and O–H groups in total. The van der Waals surface area contributed by atoms with Crippen molar-refractivity contribution in [3.05, 3.63) is 62.4 Å². The third-order valence-electron chi connectivity index (χ3n) is 3.72. The van der Waals surface area contributed by atoms with Crippen LogP contribution in [0.1, 0.15) is 0 Å². The molecule has 1 amide bonds. The number of aromatic nitrogens is 2. The highest BCUT2D eigenvalue weighted by molar-refractivity contribution is 7.14. The number of halogens is 2. The maximum Gasteiger partial charge on any atom is 0.417 e. The van der Waals surface area contributed by atoms with E-state index in [1.165, 1.54) is 17.4 Å². The number of H-pyrrole nitrogens is 1. The molecule has 0 saturated heterocycles. The zero-order chi connectivity index (χ0) is 19.7. The van der Waals surface area contributed by atoms with Crippen molar-refractivity contribution in [1.29, 1.82) is 0 Å². The van der Waals surface area contributed by atoms with E-state index in [9.17, 15) is 9.59 Å². The number of ether oxygens (including phenoxy) is 1. The Morgan fingerprint density at radius 2 is 2.11 bits per heavy atom. The molecule has 7 nitrogen and oxygen atoms in total.